The van der Waals surface area contributed by atoms with Gasteiger partial charge in [0.25, 0.3) is 0 Å². The fourth-order valence-corrected chi connectivity index (χ4v) is 0.920. The lowest BCUT2D eigenvalue weighted by molar-refractivity contribution is 0.397. The zero-order valence-electron chi connectivity index (χ0n) is 7.01. The minimum Gasteiger partial charge on any atom is -0.481 e. The van der Waals surface area contributed by atoms with E-state index in [1.807, 2.05) is 0 Å². The van der Waals surface area contributed by atoms with Crippen LogP contribution >= 0.6 is 0 Å². The van der Waals surface area contributed by atoms with Crippen LogP contribution in [0.4, 0.5) is 12.9 Å². The third kappa shape index (κ3) is 3.35. The molecule has 0 saturated heterocycles. The van der Waals surface area contributed by atoms with E-state index >= 15 is 0 Å². The monoisotopic (exact) mass is 190 g/mol. The Morgan fingerprint density at radius 1 is 1.38 bits per heavy atom. The summed E-state index contributed by atoms with van der Waals surface area (Å²) in [6, 6.07) is 2.78. The predicted molar refractivity (Wildman–Crippen MR) is 43.6 cm³/mol. The quantitative estimate of drug-likeness (QED) is 0.680. The van der Waals surface area contributed by atoms with Gasteiger partial charge in [-0.15, -0.1) is 0 Å². The van der Waals surface area contributed by atoms with Crippen molar-refractivity contribution >= 4 is 6.98 Å². The van der Waals surface area contributed by atoms with Crippen LogP contribution in [-0.4, -0.2) is 19.1 Å². The summed E-state index contributed by atoms with van der Waals surface area (Å²) in [5, 5.41) is 0. The number of aromatic nitrogens is 1. The van der Waals surface area contributed by atoms with Gasteiger partial charge in [0, 0.05) is 12.3 Å². The van der Waals surface area contributed by atoms with Crippen LogP contribution < -0.4 is 4.74 Å². The molecule has 13 heavy (non-hydrogen) atoms. The molecular weight excluding hydrogens is 182 g/mol. The van der Waals surface area contributed by atoms with Gasteiger partial charge in [-0.1, -0.05) is 17.9 Å². The van der Waals surface area contributed by atoms with E-state index < -0.39 is 13.3 Å². The maximum Gasteiger partial charge on any atom is 0.482 e. The topological polar surface area (TPSA) is 22.1 Å². The number of nitrogens with zero attached hydrogens (tertiary/aromatic N) is 1. The highest BCUT2D eigenvalue weighted by Crippen LogP contribution is 2.16. The van der Waals surface area contributed by atoms with Crippen LogP contribution in [0.5, 0.6) is 5.88 Å². The fourth-order valence-electron chi connectivity index (χ4n) is 0.920. The number of methoxy groups -OCH3 is 1. The second kappa shape index (κ2) is 3.68. The smallest absolute Gasteiger partial charge is 0.481 e. The first kappa shape index (κ1) is 9.89. The number of hydrogen-bond acceptors (Lipinski definition) is 2. The summed E-state index contributed by atoms with van der Waals surface area (Å²) < 4.78 is 40.5. The molecule has 1 rings (SSSR count). The average Bonchev–Trinajstić information content (AvgIpc) is 2.03. The third-order valence-corrected chi connectivity index (χ3v) is 1.47. The summed E-state index contributed by atoms with van der Waals surface area (Å²) in [4.78, 5) is 3.67. The number of halogens is 3. The van der Waals surface area contributed by atoms with Crippen molar-refractivity contribution in [2.24, 2.45) is 0 Å². The van der Waals surface area contributed by atoms with Gasteiger partial charge in [-0.2, -0.15) is 0 Å². The Labute approximate surface area is 73.8 Å². The first-order valence-corrected chi connectivity index (χ1v) is 3.71. The van der Waals surface area contributed by atoms with Crippen LogP contribution in [0.2, 0.25) is 0 Å². The number of ether oxygens (including phenoxy) is 1. The maximum absolute atomic E-state index is 11.9. The Hall–Kier alpha value is -1.20. The standard InChI is InChI=1S/C7H8BF3NO/c1-13-7-3-2-6(5-12-7)4-8(9,10)11/h2-3,5H,4H2,1H3/q-1. The molecule has 72 valence electrons. The van der Waals surface area contributed by atoms with Gasteiger partial charge in [0.2, 0.25) is 5.88 Å². The lowest BCUT2D eigenvalue weighted by Gasteiger charge is -2.12. The summed E-state index contributed by atoms with van der Waals surface area (Å²) >= 11 is 0. The Bertz CT molecular complexity index is 272. The van der Waals surface area contributed by atoms with E-state index in [2.05, 4.69) is 4.98 Å². The Kier molecular flexibility index (Phi) is 2.80. The van der Waals surface area contributed by atoms with Crippen LogP contribution in [0.25, 0.3) is 0 Å². The highest BCUT2D eigenvalue weighted by molar-refractivity contribution is 6.57. The van der Waals surface area contributed by atoms with Crippen molar-refractivity contribution in [3.05, 3.63) is 23.9 Å². The maximum atomic E-state index is 11.9. The summed E-state index contributed by atoms with van der Waals surface area (Å²) in [6.07, 6.45) is 0.283. The lowest BCUT2D eigenvalue weighted by Crippen LogP contribution is -2.19. The molecule has 0 radical (unpaired) electrons. The van der Waals surface area contributed by atoms with E-state index in [1.54, 1.807) is 0 Å². The van der Waals surface area contributed by atoms with Crippen molar-refractivity contribution in [3.63, 3.8) is 0 Å². The number of hydrogen-bond donors (Lipinski definition) is 0. The van der Waals surface area contributed by atoms with E-state index in [4.69, 9.17) is 4.74 Å². The van der Waals surface area contributed by atoms with Crippen LogP contribution in [0.1, 0.15) is 5.56 Å². The molecule has 0 aliphatic carbocycles. The molecule has 0 atom stereocenters. The molecule has 0 aliphatic heterocycles. The van der Waals surface area contributed by atoms with Crippen LogP contribution in [-0.2, 0) is 6.32 Å². The molecule has 1 aromatic rings. The van der Waals surface area contributed by atoms with E-state index in [0.717, 1.165) is 0 Å². The minimum absolute atomic E-state index is 0.160. The highest BCUT2D eigenvalue weighted by Gasteiger charge is 2.23. The third-order valence-electron chi connectivity index (χ3n) is 1.47. The van der Waals surface area contributed by atoms with Crippen LogP contribution in [0.15, 0.2) is 18.3 Å². The lowest BCUT2D eigenvalue weighted by atomic mass is 9.82. The zero-order chi connectivity index (χ0) is 9.90. The van der Waals surface area contributed by atoms with Gasteiger partial charge in [0.1, 0.15) is 0 Å². The molecule has 2 nitrogen and oxygen atoms in total. The van der Waals surface area contributed by atoms with Crippen molar-refractivity contribution in [1.29, 1.82) is 0 Å². The van der Waals surface area contributed by atoms with Gasteiger partial charge < -0.3 is 17.7 Å². The van der Waals surface area contributed by atoms with Gasteiger partial charge in [-0.3, -0.25) is 0 Å². The Morgan fingerprint density at radius 3 is 2.46 bits per heavy atom. The van der Waals surface area contributed by atoms with E-state index in [1.165, 1.54) is 25.4 Å². The predicted octanol–water partition coefficient (Wildman–Crippen LogP) is 2.02. The molecule has 0 aliphatic rings. The van der Waals surface area contributed by atoms with Crippen molar-refractivity contribution in [2.45, 2.75) is 6.32 Å². The number of pyridine rings is 1. The van der Waals surface area contributed by atoms with Gasteiger partial charge >= 0.3 is 6.98 Å². The summed E-state index contributed by atoms with van der Waals surface area (Å²) in [5.41, 5.74) is 0.160. The first-order chi connectivity index (χ1) is 6.01. The summed E-state index contributed by atoms with van der Waals surface area (Å²) in [7, 11) is 1.41. The minimum atomic E-state index is -4.78. The first-order valence-electron chi connectivity index (χ1n) is 3.71. The van der Waals surface area contributed by atoms with E-state index in [9.17, 15) is 12.9 Å². The van der Waals surface area contributed by atoms with Crippen molar-refractivity contribution in [3.8, 4) is 5.88 Å². The Balaban J connectivity index is 2.70. The molecule has 0 saturated carbocycles. The molecule has 1 aromatic heterocycles. The fraction of sp³-hybridized carbons (Fsp3) is 0.286. The Morgan fingerprint density at radius 2 is 2.08 bits per heavy atom. The van der Waals surface area contributed by atoms with Crippen LogP contribution in [0.3, 0.4) is 0 Å². The molecule has 0 spiro atoms. The molecule has 1 heterocycles. The van der Waals surface area contributed by atoms with Gasteiger partial charge in [-0.25, -0.2) is 4.98 Å². The molecule has 6 heteroatoms. The molecule has 0 bridgehead atoms. The van der Waals surface area contributed by atoms with Gasteiger partial charge in [0.05, 0.1) is 7.11 Å². The largest absolute Gasteiger partial charge is 0.482 e. The summed E-state index contributed by atoms with van der Waals surface area (Å²) in [5.74, 6) is 0.318. The molecule has 0 aromatic carbocycles. The average molecular weight is 190 g/mol. The highest BCUT2D eigenvalue weighted by atomic mass is 19.4. The molecule has 0 unspecified atom stereocenters. The van der Waals surface area contributed by atoms with Crippen molar-refractivity contribution in [1.82, 2.24) is 4.98 Å². The van der Waals surface area contributed by atoms with Crippen LogP contribution in [0, 0.1) is 0 Å². The molecule has 0 fully saturated rings. The van der Waals surface area contributed by atoms with Gasteiger partial charge in [-0.05, 0) is 0 Å². The SMILES string of the molecule is COc1ccc(C[B-](F)(F)F)cn1. The normalized spacial score (nSPS) is 11.4. The molecule has 0 amide bonds. The van der Waals surface area contributed by atoms with Crippen molar-refractivity contribution < 1.29 is 17.7 Å². The number of rotatable bonds is 3. The van der Waals surface area contributed by atoms with E-state index in [0.29, 0.717) is 5.88 Å². The molecular formula is C7H8BF3NO-. The van der Waals surface area contributed by atoms with Crippen molar-refractivity contribution in [2.75, 3.05) is 7.11 Å². The second-order valence-electron chi connectivity index (χ2n) is 2.62. The van der Waals surface area contributed by atoms with E-state index in [-0.39, 0.29) is 5.56 Å². The summed E-state index contributed by atoms with van der Waals surface area (Å²) in [6.45, 7) is -4.78. The second-order valence-corrected chi connectivity index (χ2v) is 2.62. The zero-order valence-corrected chi connectivity index (χ0v) is 7.01. The van der Waals surface area contributed by atoms with Gasteiger partial charge in [0.15, 0.2) is 0 Å². The molecule has 0 N–H and O–H groups in total.